The molecular formula is C38H20N10. The summed E-state index contributed by atoms with van der Waals surface area (Å²) in [5.41, 5.74) is 15.1. The van der Waals surface area contributed by atoms with Crippen LogP contribution in [0.3, 0.4) is 0 Å². The molecule has 11 rings (SSSR count). The average molecular weight is 617 g/mol. The Morgan fingerprint density at radius 3 is 1.02 bits per heavy atom. The summed E-state index contributed by atoms with van der Waals surface area (Å²) in [4.78, 5) is 47.5. The van der Waals surface area contributed by atoms with E-state index in [1.165, 1.54) is 0 Å². The fourth-order valence-electron chi connectivity index (χ4n) is 6.60. The number of rotatable bonds is 0. The van der Waals surface area contributed by atoms with Gasteiger partial charge in [0.1, 0.15) is 33.8 Å². The van der Waals surface area contributed by atoms with Crippen LogP contribution >= 0.6 is 0 Å². The van der Waals surface area contributed by atoms with Crippen LogP contribution in [0.1, 0.15) is 0 Å². The molecule has 2 N–H and O–H groups in total. The topological polar surface area (TPSA) is 135 Å². The van der Waals surface area contributed by atoms with Crippen molar-refractivity contribution in [2.75, 3.05) is 0 Å². The van der Waals surface area contributed by atoms with E-state index in [4.69, 9.17) is 39.9 Å². The predicted molar refractivity (Wildman–Crippen MR) is 187 cm³/mol. The van der Waals surface area contributed by atoms with E-state index in [1.807, 2.05) is 109 Å². The molecule has 0 spiro atoms. The number of aromatic amines is 2. The highest BCUT2D eigenvalue weighted by atomic mass is 14.9. The first-order chi connectivity index (χ1) is 23.7. The molecule has 0 aliphatic carbocycles. The Kier molecular flexibility index (Phi) is 4.90. The molecule has 10 heteroatoms. The number of aromatic nitrogens is 10. The number of benzene rings is 3. The van der Waals surface area contributed by atoms with Crippen LogP contribution in [0.5, 0.6) is 0 Å². The van der Waals surface area contributed by atoms with Crippen molar-refractivity contribution in [2.24, 2.45) is 0 Å². The van der Waals surface area contributed by atoms with E-state index in [1.54, 1.807) is 0 Å². The summed E-state index contributed by atoms with van der Waals surface area (Å²) in [6.45, 7) is 0. The number of hydrogen-bond acceptors (Lipinski definition) is 8. The molecule has 0 fully saturated rings. The molecule has 222 valence electrons. The molecule has 0 saturated carbocycles. The first kappa shape index (κ1) is 25.3. The second-order valence-electron chi connectivity index (χ2n) is 11.9. The summed E-state index contributed by atoms with van der Waals surface area (Å²) < 4.78 is 0. The number of H-pyrrole nitrogens is 2. The van der Waals surface area contributed by atoms with Gasteiger partial charge in [-0.15, -0.1) is 0 Å². The van der Waals surface area contributed by atoms with E-state index in [9.17, 15) is 0 Å². The Labute approximate surface area is 270 Å². The van der Waals surface area contributed by atoms with Crippen LogP contribution in [0, 0.1) is 0 Å². The zero-order valence-electron chi connectivity index (χ0n) is 25.0. The molecule has 0 atom stereocenters. The van der Waals surface area contributed by atoms with E-state index in [2.05, 4.69) is 9.97 Å². The lowest BCUT2D eigenvalue weighted by atomic mass is 10.2. The minimum atomic E-state index is 0.682. The van der Waals surface area contributed by atoms with Gasteiger partial charge in [-0.25, -0.2) is 39.9 Å². The average Bonchev–Trinajstić information content (AvgIpc) is 3.87. The lowest BCUT2D eigenvalue weighted by molar-refractivity contribution is 1.32. The molecular weight excluding hydrogens is 596 g/mol. The third-order valence-corrected chi connectivity index (χ3v) is 8.82. The Morgan fingerprint density at radius 1 is 0.312 bits per heavy atom. The summed E-state index contributed by atoms with van der Waals surface area (Å²) >= 11 is 0. The number of hydrogen-bond donors (Lipinski definition) is 2. The van der Waals surface area contributed by atoms with Gasteiger partial charge in [-0.3, -0.25) is 0 Å². The number of fused-ring (bicyclic) bond motifs is 20. The van der Waals surface area contributed by atoms with Crippen LogP contribution in [0.4, 0.5) is 0 Å². The Balaban J connectivity index is 1.31. The molecule has 48 heavy (non-hydrogen) atoms. The van der Waals surface area contributed by atoms with Gasteiger partial charge in [-0.1, -0.05) is 36.4 Å². The van der Waals surface area contributed by atoms with Gasteiger partial charge in [-0.2, -0.15) is 0 Å². The molecule has 0 saturated heterocycles. The number of nitrogens with one attached hydrogen (secondary N) is 2. The van der Waals surface area contributed by atoms with Gasteiger partial charge in [0.25, 0.3) is 0 Å². The summed E-state index contributed by atoms with van der Waals surface area (Å²) in [7, 11) is 0. The van der Waals surface area contributed by atoms with Crippen LogP contribution in [0.15, 0.2) is 109 Å². The highest BCUT2D eigenvalue weighted by Crippen LogP contribution is 2.38. The molecule has 2 aliphatic heterocycles. The maximum absolute atomic E-state index is 5.09. The Bertz CT molecular complexity index is 2830. The van der Waals surface area contributed by atoms with E-state index in [0.29, 0.717) is 45.2 Å². The predicted octanol–water partition coefficient (Wildman–Crippen LogP) is 7.97. The standard InChI is InChI=1S/C38H20N10/c1-3-9-23-21(7-1)43-33-27-15-19-13-14-20(39-19)16-28-34-36(46-24-10-4-2-8-22(24)44-34)30(41-28)18-32-38-37(47-25-11-5-6-12-26(25)48-38)31(42-32)17-29(40-27)35(33)45-23/h1-18,39,42H. The van der Waals surface area contributed by atoms with Crippen molar-refractivity contribution >= 4 is 66.2 Å². The van der Waals surface area contributed by atoms with Crippen LogP contribution in [0.25, 0.3) is 112 Å². The smallest absolute Gasteiger partial charge is 0.117 e. The van der Waals surface area contributed by atoms with Crippen molar-refractivity contribution in [3.63, 3.8) is 0 Å². The zero-order chi connectivity index (χ0) is 31.3. The molecule has 3 aromatic carbocycles. The lowest BCUT2D eigenvalue weighted by Crippen LogP contribution is -1.90. The first-order valence-corrected chi connectivity index (χ1v) is 15.5. The minimum Gasteiger partial charge on any atom is -0.355 e. The first-order valence-electron chi connectivity index (χ1n) is 15.5. The van der Waals surface area contributed by atoms with Crippen molar-refractivity contribution in [3.8, 4) is 45.6 Å². The van der Waals surface area contributed by atoms with Crippen molar-refractivity contribution < 1.29 is 0 Å². The van der Waals surface area contributed by atoms with Crippen molar-refractivity contribution in [3.05, 3.63) is 109 Å². The Morgan fingerprint density at radius 2 is 0.646 bits per heavy atom. The van der Waals surface area contributed by atoms with E-state index >= 15 is 0 Å². The molecule has 2 aliphatic rings. The van der Waals surface area contributed by atoms with Crippen molar-refractivity contribution in [2.45, 2.75) is 0 Å². The second kappa shape index (κ2) is 9.30. The molecule has 0 amide bonds. The maximum Gasteiger partial charge on any atom is 0.117 e. The third kappa shape index (κ3) is 3.74. The lowest BCUT2D eigenvalue weighted by Gasteiger charge is -2.02. The third-order valence-electron chi connectivity index (χ3n) is 8.82. The summed E-state index contributed by atoms with van der Waals surface area (Å²) in [6, 6.07) is 35.6. The highest BCUT2D eigenvalue weighted by Gasteiger charge is 2.23. The minimum absolute atomic E-state index is 0.682. The molecule has 0 radical (unpaired) electrons. The van der Waals surface area contributed by atoms with Gasteiger partial charge in [0.05, 0.1) is 66.9 Å². The number of nitrogens with zero attached hydrogens (tertiary/aromatic N) is 8. The maximum atomic E-state index is 5.09. The SMILES string of the molecule is c1ccc2nc3c(nc2c1)-c1cc2ccc(cc4nc(cc5[nH]c(cc-3n1)c1nc3ccccc3nc51)-c1nc3ccccc3nc1-4)[nH]2. The van der Waals surface area contributed by atoms with E-state index in [-0.39, 0.29) is 0 Å². The fraction of sp³-hybridized carbons (Fsp3) is 0. The molecule has 8 bridgehead atoms. The molecule has 6 aromatic heterocycles. The largest absolute Gasteiger partial charge is 0.355 e. The van der Waals surface area contributed by atoms with Gasteiger partial charge in [0.15, 0.2) is 0 Å². The monoisotopic (exact) mass is 616 g/mol. The fourth-order valence-corrected chi connectivity index (χ4v) is 6.60. The van der Waals surface area contributed by atoms with Crippen LogP contribution in [-0.2, 0) is 0 Å². The van der Waals surface area contributed by atoms with E-state index < -0.39 is 0 Å². The zero-order valence-corrected chi connectivity index (χ0v) is 25.0. The van der Waals surface area contributed by atoms with E-state index in [0.717, 1.165) is 66.6 Å². The van der Waals surface area contributed by atoms with Crippen molar-refractivity contribution in [1.82, 2.24) is 49.8 Å². The van der Waals surface area contributed by atoms with Gasteiger partial charge in [0, 0.05) is 11.0 Å². The van der Waals surface area contributed by atoms with Gasteiger partial charge in [-0.05, 0) is 72.8 Å². The second-order valence-corrected chi connectivity index (χ2v) is 11.9. The van der Waals surface area contributed by atoms with Gasteiger partial charge >= 0.3 is 0 Å². The van der Waals surface area contributed by atoms with Gasteiger partial charge in [0.2, 0.25) is 0 Å². The number of para-hydroxylation sites is 6. The van der Waals surface area contributed by atoms with Crippen LogP contribution in [-0.4, -0.2) is 49.8 Å². The van der Waals surface area contributed by atoms with Crippen molar-refractivity contribution in [1.29, 1.82) is 0 Å². The Hall–Kier alpha value is -6.94. The molecule has 10 nitrogen and oxygen atoms in total. The quantitative estimate of drug-likeness (QED) is 0.175. The summed E-state index contributed by atoms with van der Waals surface area (Å²) in [6.07, 6.45) is 0. The van der Waals surface area contributed by atoms with Gasteiger partial charge < -0.3 is 9.97 Å². The molecule has 9 aromatic rings. The summed E-state index contributed by atoms with van der Waals surface area (Å²) in [5.74, 6) is 0. The molecule has 8 heterocycles. The summed E-state index contributed by atoms with van der Waals surface area (Å²) in [5, 5.41) is 0. The van der Waals surface area contributed by atoms with Crippen LogP contribution < -0.4 is 0 Å². The molecule has 0 unspecified atom stereocenters. The normalized spacial score (nSPS) is 12.2. The van der Waals surface area contributed by atoms with Crippen LogP contribution in [0.2, 0.25) is 0 Å². The highest BCUT2D eigenvalue weighted by molar-refractivity contribution is 6.06.